The summed E-state index contributed by atoms with van der Waals surface area (Å²) in [6.07, 6.45) is 0. The highest BCUT2D eigenvalue weighted by Crippen LogP contribution is 2.29. The molecule has 3 aromatic rings. The van der Waals surface area contributed by atoms with Crippen LogP contribution in [0.15, 0.2) is 63.9 Å². The van der Waals surface area contributed by atoms with Crippen LogP contribution in [0.25, 0.3) is 0 Å². The summed E-state index contributed by atoms with van der Waals surface area (Å²) in [5.74, 6) is 1.12. The van der Waals surface area contributed by atoms with Crippen LogP contribution in [0.3, 0.4) is 0 Å². The van der Waals surface area contributed by atoms with Gasteiger partial charge in [0.05, 0.1) is 24.8 Å². The minimum atomic E-state index is -4.02. The normalized spacial score (nSPS) is 11.7. The highest BCUT2D eigenvalue weighted by atomic mass is 32.2. The van der Waals surface area contributed by atoms with E-state index in [9.17, 15) is 8.42 Å². The van der Waals surface area contributed by atoms with Crippen LogP contribution in [-0.4, -0.2) is 38.6 Å². The van der Waals surface area contributed by atoms with Crippen LogP contribution in [0.4, 0.5) is 11.6 Å². The van der Waals surface area contributed by atoms with Crippen LogP contribution in [-0.2, 0) is 10.0 Å². The molecule has 2 aromatic carbocycles. The fourth-order valence-corrected chi connectivity index (χ4v) is 3.71. The Hall–Kier alpha value is -3.66. The number of rotatable bonds is 6. The second-order valence-electron chi connectivity index (χ2n) is 6.52. The number of methoxy groups -OCH3 is 2. The Balaban J connectivity index is 2.06. The van der Waals surface area contributed by atoms with Gasteiger partial charge in [-0.05, 0) is 44.2 Å². The van der Waals surface area contributed by atoms with Gasteiger partial charge in [-0.15, -0.1) is 4.40 Å². The maximum Gasteiger partial charge on any atom is 0.285 e. The number of hydrogen-bond donors (Lipinski definition) is 2. The topological polar surface area (TPSA) is 115 Å². The van der Waals surface area contributed by atoms with E-state index in [2.05, 4.69) is 25.0 Å². The molecule has 0 spiro atoms. The summed E-state index contributed by atoms with van der Waals surface area (Å²) in [6, 6.07) is 14.8. The third-order valence-electron chi connectivity index (χ3n) is 4.12. The predicted molar refractivity (Wildman–Crippen MR) is 119 cm³/mol. The number of benzene rings is 2. The molecule has 0 amide bonds. The first-order chi connectivity index (χ1) is 14.8. The molecule has 2 N–H and O–H groups in total. The van der Waals surface area contributed by atoms with Crippen LogP contribution >= 0.6 is 0 Å². The Morgan fingerprint density at radius 1 is 0.903 bits per heavy atom. The molecule has 0 aliphatic heterocycles. The van der Waals surface area contributed by atoms with Crippen molar-refractivity contribution in [2.45, 2.75) is 18.7 Å². The summed E-state index contributed by atoms with van der Waals surface area (Å²) < 4.78 is 40.3. The third-order valence-corrected chi connectivity index (χ3v) is 5.42. The number of ether oxygens (including phenoxy) is 2. The number of nitrogens with zero attached hydrogens (tertiary/aromatic N) is 3. The first-order valence-electron chi connectivity index (χ1n) is 9.29. The van der Waals surface area contributed by atoms with Crippen molar-refractivity contribution in [2.24, 2.45) is 4.40 Å². The van der Waals surface area contributed by atoms with Gasteiger partial charge < -0.3 is 14.8 Å². The minimum Gasteiger partial charge on any atom is -0.497 e. The number of guanidine groups is 1. The van der Waals surface area contributed by atoms with E-state index in [4.69, 9.17) is 9.47 Å². The van der Waals surface area contributed by atoms with Crippen molar-refractivity contribution in [2.75, 3.05) is 24.9 Å². The smallest absolute Gasteiger partial charge is 0.285 e. The molecule has 3 rings (SSSR count). The van der Waals surface area contributed by atoms with Crippen molar-refractivity contribution in [1.29, 1.82) is 0 Å². The Bertz CT molecular complexity index is 1180. The summed E-state index contributed by atoms with van der Waals surface area (Å²) >= 11 is 0. The average molecular weight is 442 g/mol. The van der Waals surface area contributed by atoms with Gasteiger partial charge in [0.15, 0.2) is 0 Å². The van der Waals surface area contributed by atoms with Gasteiger partial charge in [0, 0.05) is 17.5 Å². The molecule has 0 fully saturated rings. The number of sulfonamides is 1. The average Bonchev–Trinajstić information content (AvgIpc) is 2.73. The van der Waals surface area contributed by atoms with E-state index in [1.54, 1.807) is 42.5 Å². The van der Waals surface area contributed by atoms with Gasteiger partial charge >= 0.3 is 0 Å². The largest absolute Gasteiger partial charge is 0.497 e. The van der Waals surface area contributed by atoms with Crippen molar-refractivity contribution >= 4 is 27.6 Å². The van der Waals surface area contributed by atoms with Crippen LogP contribution in [0.1, 0.15) is 11.4 Å². The third kappa shape index (κ3) is 5.70. The molecule has 31 heavy (non-hydrogen) atoms. The molecule has 0 aliphatic rings. The SMILES string of the molecule is COc1ccc(OC)c(N/C(=N/S(=O)(=O)c2ccccc2)Nc2nc(C)cc(C)n2)c1. The Labute approximate surface area is 181 Å². The zero-order valence-corrected chi connectivity index (χ0v) is 18.4. The van der Waals surface area contributed by atoms with Gasteiger partial charge in [-0.25, -0.2) is 9.97 Å². The lowest BCUT2D eigenvalue weighted by Gasteiger charge is -2.15. The minimum absolute atomic E-state index is 0.0510. The van der Waals surface area contributed by atoms with Crippen LogP contribution in [0.5, 0.6) is 11.5 Å². The van der Waals surface area contributed by atoms with E-state index < -0.39 is 10.0 Å². The first kappa shape index (κ1) is 22.0. The molecule has 0 aliphatic carbocycles. The Morgan fingerprint density at radius 3 is 2.19 bits per heavy atom. The second-order valence-corrected chi connectivity index (χ2v) is 8.12. The van der Waals surface area contributed by atoms with Crippen molar-refractivity contribution in [3.8, 4) is 11.5 Å². The zero-order valence-electron chi connectivity index (χ0n) is 17.6. The molecule has 0 atom stereocenters. The summed E-state index contributed by atoms with van der Waals surface area (Å²) in [4.78, 5) is 8.65. The van der Waals surface area contributed by atoms with Crippen LogP contribution < -0.4 is 20.1 Å². The number of nitrogens with one attached hydrogen (secondary N) is 2. The van der Waals surface area contributed by atoms with E-state index in [0.717, 1.165) is 11.4 Å². The highest BCUT2D eigenvalue weighted by Gasteiger charge is 2.17. The zero-order chi connectivity index (χ0) is 22.4. The molecular formula is C21H23N5O4S. The van der Waals surface area contributed by atoms with Crippen LogP contribution in [0, 0.1) is 13.8 Å². The van der Waals surface area contributed by atoms with Crippen LogP contribution in [0.2, 0.25) is 0 Å². The van der Waals surface area contributed by atoms with E-state index in [0.29, 0.717) is 17.2 Å². The maximum absolute atomic E-state index is 12.9. The lowest BCUT2D eigenvalue weighted by atomic mass is 10.2. The highest BCUT2D eigenvalue weighted by molar-refractivity contribution is 7.90. The molecule has 0 bridgehead atoms. The van der Waals surface area contributed by atoms with Gasteiger partial charge in [0.25, 0.3) is 10.0 Å². The number of hydrogen-bond acceptors (Lipinski definition) is 6. The number of anilines is 2. The van der Waals surface area contributed by atoms with Crippen molar-refractivity contribution < 1.29 is 17.9 Å². The Kier molecular flexibility index (Phi) is 6.71. The molecule has 0 saturated carbocycles. The van der Waals surface area contributed by atoms with Gasteiger partial charge in [-0.3, -0.25) is 5.32 Å². The summed E-state index contributed by atoms with van der Waals surface area (Å²) in [6.45, 7) is 3.63. The van der Waals surface area contributed by atoms with E-state index in [1.165, 1.54) is 26.4 Å². The van der Waals surface area contributed by atoms with Gasteiger partial charge in [0.1, 0.15) is 11.5 Å². The molecular weight excluding hydrogens is 418 g/mol. The summed E-state index contributed by atoms with van der Waals surface area (Å²) in [7, 11) is -0.985. The number of aromatic nitrogens is 2. The van der Waals surface area contributed by atoms with Gasteiger partial charge in [-0.2, -0.15) is 8.42 Å². The molecule has 0 saturated heterocycles. The lowest BCUT2D eigenvalue weighted by molar-refractivity contribution is 0.405. The lowest BCUT2D eigenvalue weighted by Crippen LogP contribution is -2.25. The van der Waals surface area contributed by atoms with E-state index >= 15 is 0 Å². The fourth-order valence-electron chi connectivity index (χ4n) is 2.77. The van der Waals surface area contributed by atoms with Crippen molar-refractivity contribution in [1.82, 2.24) is 9.97 Å². The summed E-state index contributed by atoms with van der Waals surface area (Å²) in [5.41, 5.74) is 1.89. The predicted octanol–water partition coefficient (Wildman–Crippen LogP) is 3.38. The molecule has 1 heterocycles. The first-order valence-corrected chi connectivity index (χ1v) is 10.7. The molecule has 9 nitrogen and oxygen atoms in total. The molecule has 1 aromatic heterocycles. The van der Waals surface area contributed by atoms with E-state index in [-0.39, 0.29) is 16.8 Å². The second kappa shape index (κ2) is 9.43. The molecule has 0 unspecified atom stereocenters. The molecule has 162 valence electrons. The maximum atomic E-state index is 12.9. The molecule has 10 heteroatoms. The number of aryl methyl sites for hydroxylation is 2. The quantitative estimate of drug-likeness (QED) is 0.442. The summed E-state index contributed by atoms with van der Waals surface area (Å²) in [5, 5.41) is 5.83. The van der Waals surface area contributed by atoms with Gasteiger partial charge in [0.2, 0.25) is 11.9 Å². The molecule has 0 radical (unpaired) electrons. The van der Waals surface area contributed by atoms with E-state index in [1.807, 2.05) is 13.8 Å². The van der Waals surface area contributed by atoms with Crippen molar-refractivity contribution in [3.63, 3.8) is 0 Å². The fraction of sp³-hybridized carbons (Fsp3) is 0.190. The monoisotopic (exact) mass is 441 g/mol. The van der Waals surface area contributed by atoms with Crippen molar-refractivity contribution in [3.05, 3.63) is 66.0 Å². The standard InChI is InChI=1S/C21H23N5O4S/c1-14-12-15(2)23-20(22-14)25-21(26-31(27,28)17-8-6-5-7-9-17)24-18-13-16(29-3)10-11-19(18)30-4/h5-13H,1-4H3,(H2,22,23,24,25,26). The Morgan fingerprint density at radius 2 is 1.58 bits per heavy atom. The van der Waals surface area contributed by atoms with Gasteiger partial charge in [-0.1, -0.05) is 18.2 Å².